The molecule has 0 radical (unpaired) electrons. The van der Waals surface area contributed by atoms with E-state index in [-0.39, 0.29) is 11.7 Å². The van der Waals surface area contributed by atoms with E-state index in [0.717, 1.165) is 25.1 Å². The fraction of sp³-hybridized carbons (Fsp3) is 0.438. The van der Waals surface area contributed by atoms with E-state index in [0.29, 0.717) is 18.0 Å². The lowest BCUT2D eigenvalue weighted by Gasteiger charge is -2.26. The van der Waals surface area contributed by atoms with Crippen LogP contribution in [-0.2, 0) is 4.79 Å². The van der Waals surface area contributed by atoms with Gasteiger partial charge in [0.25, 0.3) is 0 Å². The molecule has 1 N–H and O–H groups in total. The zero-order valence-corrected chi connectivity index (χ0v) is 11.6. The van der Waals surface area contributed by atoms with Gasteiger partial charge in [0.05, 0.1) is 0 Å². The molecule has 3 nitrogen and oxygen atoms in total. The van der Waals surface area contributed by atoms with Gasteiger partial charge in [0, 0.05) is 31.2 Å². The summed E-state index contributed by atoms with van der Waals surface area (Å²) >= 11 is 0. The average molecular weight is 274 g/mol. The maximum Gasteiger partial charge on any atom is 0.247 e. The second-order valence-electron chi connectivity index (χ2n) is 5.70. The molecule has 2 saturated heterocycles. The molecule has 1 amide bonds. The van der Waals surface area contributed by atoms with Gasteiger partial charge in [-0.2, -0.15) is 0 Å². The van der Waals surface area contributed by atoms with Gasteiger partial charge in [0.2, 0.25) is 5.91 Å². The van der Waals surface area contributed by atoms with Gasteiger partial charge >= 0.3 is 0 Å². The summed E-state index contributed by atoms with van der Waals surface area (Å²) in [7, 11) is 0. The number of hydrogen-bond donors (Lipinski definition) is 1. The van der Waals surface area contributed by atoms with Crippen LogP contribution in [0.4, 0.5) is 4.39 Å². The molecule has 4 heteroatoms. The van der Waals surface area contributed by atoms with Crippen molar-refractivity contribution in [3.63, 3.8) is 0 Å². The Bertz CT molecular complexity index is 526. The number of likely N-dealkylation sites (tertiary alicyclic amines) is 1. The molecule has 20 heavy (non-hydrogen) atoms. The first-order chi connectivity index (χ1) is 9.65. The zero-order chi connectivity index (χ0) is 14.1. The van der Waals surface area contributed by atoms with Crippen LogP contribution < -0.4 is 5.32 Å². The van der Waals surface area contributed by atoms with Crippen LogP contribution in [0.5, 0.6) is 0 Å². The van der Waals surface area contributed by atoms with Crippen molar-refractivity contribution < 1.29 is 9.18 Å². The molecule has 1 aromatic carbocycles. The third-order valence-electron chi connectivity index (χ3n) is 4.32. The average Bonchev–Trinajstić information content (AvgIpc) is 2.97. The predicted octanol–water partition coefficient (Wildman–Crippen LogP) is 2.05. The number of hydrogen-bond acceptors (Lipinski definition) is 2. The minimum atomic E-state index is -0.262. The third kappa shape index (κ3) is 2.48. The first-order valence-electron chi connectivity index (χ1n) is 7.12. The van der Waals surface area contributed by atoms with Gasteiger partial charge in [0.15, 0.2) is 0 Å². The molecule has 2 heterocycles. The minimum Gasteiger partial charge on any atom is -0.332 e. The van der Waals surface area contributed by atoms with Gasteiger partial charge in [-0.25, -0.2) is 4.39 Å². The van der Waals surface area contributed by atoms with E-state index in [2.05, 4.69) is 12.2 Å². The number of halogens is 1. The Labute approximate surface area is 118 Å². The topological polar surface area (TPSA) is 32.3 Å². The van der Waals surface area contributed by atoms with Gasteiger partial charge < -0.3 is 10.2 Å². The fourth-order valence-electron chi connectivity index (χ4n) is 3.37. The lowest BCUT2D eigenvalue weighted by atomic mass is 10.0. The summed E-state index contributed by atoms with van der Waals surface area (Å²) < 4.78 is 12.8. The Morgan fingerprint density at radius 1 is 1.35 bits per heavy atom. The molecule has 0 aliphatic carbocycles. The van der Waals surface area contributed by atoms with Gasteiger partial charge in [-0.3, -0.25) is 4.79 Å². The normalized spacial score (nSPS) is 29.1. The van der Waals surface area contributed by atoms with Crippen molar-refractivity contribution in [2.24, 2.45) is 5.92 Å². The zero-order valence-electron chi connectivity index (χ0n) is 11.6. The summed E-state index contributed by atoms with van der Waals surface area (Å²) in [4.78, 5) is 14.4. The summed E-state index contributed by atoms with van der Waals surface area (Å²) in [6.07, 6.45) is 4.43. The second-order valence-corrected chi connectivity index (χ2v) is 5.70. The molecule has 3 rings (SSSR count). The molecule has 3 unspecified atom stereocenters. The number of nitrogens with zero attached hydrogens (tertiary/aromatic N) is 1. The van der Waals surface area contributed by atoms with Crippen LogP contribution in [0.2, 0.25) is 0 Å². The van der Waals surface area contributed by atoms with Gasteiger partial charge in [-0.1, -0.05) is 12.1 Å². The van der Waals surface area contributed by atoms with Gasteiger partial charge in [-0.15, -0.1) is 0 Å². The van der Waals surface area contributed by atoms with Crippen molar-refractivity contribution >= 4 is 12.0 Å². The highest BCUT2D eigenvalue weighted by Gasteiger charge is 2.43. The maximum atomic E-state index is 12.8. The van der Waals surface area contributed by atoms with Crippen molar-refractivity contribution in [2.75, 3.05) is 13.1 Å². The Kier molecular flexibility index (Phi) is 3.57. The monoisotopic (exact) mass is 274 g/mol. The van der Waals surface area contributed by atoms with Crippen LogP contribution >= 0.6 is 0 Å². The van der Waals surface area contributed by atoms with E-state index in [4.69, 9.17) is 0 Å². The summed E-state index contributed by atoms with van der Waals surface area (Å²) in [5.41, 5.74) is 0.840. The van der Waals surface area contributed by atoms with Crippen LogP contribution in [0.1, 0.15) is 18.9 Å². The molecule has 0 saturated carbocycles. The highest BCUT2D eigenvalue weighted by Crippen LogP contribution is 2.32. The maximum absolute atomic E-state index is 12.8. The molecular formula is C16H19FN2O. The Balaban J connectivity index is 1.71. The number of benzene rings is 1. The predicted molar refractivity (Wildman–Crippen MR) is 76.5 cm³/mol. The van der Waals surface area contributed by atoms with Crippen LogP contribution in [0.15, 0.2) is 30.3 Å². The van der Waals surface area contributed by atoms with Crippen LogP contribution in [0, 0.1) is 11.7 Å². The molecule has 3 atom stereocenters. The summed E-state index contributed by atoms with van der Waals surface area (Å²) in [5.74, 6) is 0.382. The number of amides is 1. The largest absolute Gasteiger partial charge is 0.332 e. The first-order valence-corrected chi connectivity index (χ1v) is 7.12. The summed E-state index contributed by atoms with van der Waals surface area (Å²) in [5, 5.41) is 3.35. The molecule has 0 spiro atoms. The number of carbonyl (C=O) groups is 1. The first kappa shape index (κ1) is 13.3. The highest BCUT2D eigenvalue weighted by molar-refractivity contribution is 5.92. The van der Waals surface area contributed by atoms with Gasteiger partial charge in [-0.05, 0) is 43.0 Å². The van der Waals surface area contributed by atoms with Crippen molar-refractivity contribution in [1.29, 1.82) is 0 Å². The smallest absolute Gasteiger partial charge is 0.247 e. The van der Waals surface area contributed by atoms with Crippen molar-refractivity contribution in [2.45, 2.75) is 25.4 Å². The number of carbonyl (C=O) groups excluding carboxylic acids is 1. The minimum absolute atomic E-state index is 0.0537. The molecular weight excluding hydrogens is 255 g/mol. The van der Waals surface area contributed by atoms with Crippen LogP contribution in [0.25, 0.3) is 6.08 Å². The molecule has 0 aromatic heterocycles. The Hall–Kier alpha value is -1.68. The SMILES string of the molecule is CC1CC2CNCC2N1C(=O)/C=C/c1ccc(F)cc1. The van der Waals surface area contributed by atoms with Crippen LogP contribution in [0.3, 0.4) is 0 Å². The third-order valence-corrected chi connectivity index (χ3v) is 4.32. The van der Waals surface area contributed by atoms with Crippen molar-refractivity contribution in [3.05, 3.63) is 41.7 Å². The van der Waals surface area contributed by atoms with E-state index in [9.17, 15) is 9.18 Å². The van der Waals surface area contributed by atoms with Crippen molar-refractivity contribution in [3.8, 4) is 0 Å². The molecule has 2 fully saturated rings. The molecule has 2 aliphatic heterocycles. The lowest BCUT2D eigenvalue weighted by molar-refractivity contribution is -0.128. The molecule has 1 aromatic rings. The van der Waals surface area contributed by atoms with E-state index < -0.39 is 0 Å². The number of nitrogens with one attached hydrogen (secondary N) is 1. The highest BCUT2D eigenvalue weighted by atomic mass is 19.1. The van der Waals surface area contributed by atoms with E-state index in [1.807, 2.05) is 4.90 Å². The number of rotatable bonds is 2. The fourth-order valence-corrected chi connectivity index (χ4v) is 3.37. The molecule has 0 bridgehead atoms. The Morgan fingerprint density at radius 2 is 2.10 bits per heavy atom. The number of fused-ring (bicyclic) bond motifs is 1. The van der Waals surface area contributed by atoms with Gasteiger partial charge in [0.1, 0.15) is 5.82 Å². The lowest BCUT2D eigenvalue weighted by Crippen LogP contribution is -2.41. The summed E-state index contributed by atoms with van der Waals surface area (Å²) in [6, 6.07) is 6.78. The standard InChI is InChI=1S/C16H19FN2O/c1-11-8-13-9-18-10-15(13)19(11)16(20)7-4-12-2-5-14(17)6-3-12/h2-7,11,13,15,18H,8-10H2,1H3/b7-4+. The second kappa shape index (κ2) is 5.37. The van der Waals surface area contributed by atoms with E-state index in [1.54, 1.807) is 24.3 Å². The quantitative estimate of drug-likeness (QED) is 0.837. The van der Waals surface area contributed by atoms with Crippen molar-refractivity contribution in [1.82, 2.24) is 10.2 Å². The summed E-state index contributed by atoms with van der Waals surface area (Å²) in [6.45, 7) is 4.02. The van der Waals surface area contributed by atoms with E-state index >= 15 is 0 Å². The van der Waals surface area contributed by atoms with E-state index in [1.165, 1.54) is 12.1 Å². The van der Waals surface area contributed by atoms with Crippen LogP contribution in [-0.4, -0.2) is 36.0 Å². The molecule has 2 aliphatic rings. The Morgan fingerprint density at radius 3 is 2.85 bits per heavy atom. The molecule has 106 valence electrons.